The molecule has 1 fully saturated rings. The van der Waals surface area contributed by atoms with Crippen molar-refractivity contribution in [3.63, 3.8) is 0 Å². The second-order valence-electron chi connectivity index (χ2n) is 8.95. The minimum Gasteiger partial charge on any atom is -0.361 e. The van der Waals surface area contributed by atoms with E-state index < -0.39 is 0 Å². The summed E-state index contributed by atoms with van der Waals surface area (Å²) < 4.78 is 15.4. The van der Waals surface area contributed by atoms with Gasteiger partial charge in [-0.2, -0.15) is 5.10 Å². The average molecular weight is 447 g/mol. The van der Waals surface area contributed by atoms with Crippen molar-refractivity contribution in [1.82, 2.24) is 30.0 Å². The molecule has 0 radical (unpaired) electrons. The Labute approximate surface area is 193 Å². The zero-order valence-electron chi connectivity index (χ0n) is 18.9. The van der Waals surface area contributed by atoms with Gasteiger partial charge in [0, 0.05) is 49.3 Å². The van der Waals surface area contributed by atoms with E-state index in [-0.39, 0.29) is 5.82 Å². The van der Waals surface area contributed by atoms with E-state index in [4.69, 9.17) is 0 Å². The lowest BCUT2D eigenvalue weighted by Gasteiger charge is -2.36. The van der Waals surface area contributed by atoms with Crippen molar-refractivity contribution in [2.75, 3.05) is 26.2 Å². The van der Waals surface area contributed by atoms with Crippen LogP contribution in [0.15, 0.2) is 61.3 Å². The Kier molecular flexibility index (Phi) is 6.79. The first-order valence-corrected chi connectivity index (χ1v) is 11.8. The van der Waals surface area contributed by atoms with Crippen LogP contribution < -0.4 is 5.32 Å². The highest BCUT2D eigenvalue weighted by atomic mass is 19.1. The van der Waals surface area contributed by atoms with E-state index in [1.54, 1.807) is 24.8 Å². The van der Waals surface area contributed by atoms with Crippen molar-refractivity contribution in [2.45, 2.75) is 38.3 Å². The van der Waals surface area contributed by atoms with Crippen molar-refractivity contribution in [3.05, 3.63) is 83.8 Å². The molecule has 6 nitrogen and oxygen atoms in total. The maximum atomic E-state index is 13.5. The van der Waals surface area contributed by atoms with Gasteiger partial charge in [0.05, 0.1) is 6.54 Å². The molecule has 1 aliphatic rings. The van der Waals surface area contributed by atoms with Crippen molar-refractivity contribution < 1.29 is 4.39 Å². The van der Waals surface area contributed by atoms with Gasteiger partial charge in [-0.3, -0.25) is 4.90 Å². The van der Waals surface area contributed by atoms with Gasteiger partial charge in [-0.15, -0.1) is 0 Å². The van der Waals surface area contributed by atoms with Gasteiger partial charge < -0.3 is 10.3 Å². The van der Waals surface area contributed by atoms with Crippen LogP contribution in [0.3, 0.4) is 0 Å². The molecule has 0 saturated carbocycles. The second kappa shape index (κ2) is 10.3. The highest BCUT2D eigenvalue weighted by Crippen LogP contribution is 2.23. The van der Waals surface area contributed by atoms with E-state index in [9.17, 15) is 4.39 Å². The summed E-state index contributed by atoms with van der Waals surface area (Å²) in [7, 11) is 0. The van der Waals surface area contributed by atoms with Crippen LogP contribution >= 0.6 is 0 Å². The lowest BCUT2D eigenvalue weighted by atomic mass is 10.0. The fourth-order valence-electron chi connectivity index (χ4n) is 4.91. The fourth-order valence-corrected chi connectivity index (χ4v) is 4.91. The SMILES string of the molecule is Fc1cccc(CCN2CCNCC2CCCc2c[nH]c3ccc(Cn4cncn4)cc23)c1. The van der Waals surface area contributed by atoms with Crippen LogP contribution in [0, 0.1) is 5.82 Å². The minimum absolute atomic E-state index is 0.146. The summed E-state index contributed by atoms with van der Waals surface area (Å²) in [5, 5.41) is 9.07. The zero-order chi connectivity index (χ0) is 22.5. The van der Waals surface area contributed by atoms with E-state index in [1.165, 1.54) is 28.1 Å². The minimum atomic E-state index is -0.146. The topological polar surface area (TPSA) is 61.8 Å². The summed E-state index contributed by atoms with van der Waals surface area (Å²) >= 11 is 0. The molecule has 1 unspecified atom stereocenters. The van der Waals surface area contributed by atoms with Gasteiger partial charge in [0.25, 0.3) is 0 Å². The quantitative estimate of drug-likeness (QED) is 0.411. The molecular formula is C26H31FN6. The van der Waals surface area contributed by atoms with E-state index in [0.29, 0.717) is 6.04 Å². The number of benzene rings is 2. The van der Waals surface area contributed by atoms with Crippen molar-refractivity contribution in [3.8, 4) is 0 Å². The molecule has 0 bridgehead atoms. The van der Waals surface area contributed by atoms with Crippen LogP contribution in [0.2, 0.25) is 0 Å². The van der Waals surface area contributed by atoms with Gasteiger partial charge >= 0.3 is 0 Å². The van der Waals surface area contributed by atoms with Gasteiger partial charge in [-0.25, -0.2) is 14.1 Å². The van der Waals surface area contributed by atoms with Crippen LogP contribution in [0.5, 0.6) is 0 Å². The number of halogens is 1. The first kappa shape index (κ1) is 21.8. The largest absolute Gasteiger partial charge is 0.361 e. The van der Waals surface area contributed by atoms with Gasteiger partial charge in [0.1, 0.15) is 18.5 Å². The Morgan fingerprint density at radius 3 is 2.94 bits per heavy atom. The third kappa shape index (κ3) is 5.49. The molecule has 2 aromatic carbocycles. The molecule has 2 aromatic heterocycles. The Hall–Kier alpha value is -3.03. The first-order valence-electron chi connectivity index (χ1n) is 11.8. The molecule has 3 heterocycles. The number of nitrogens with zero attached hydrogens (tertiary/aromatic N) is 4. The molecule has 7 heteroatoms. The third-order valence-electron chi connectivity index (χ3n) is 6.68. The number of fused-ring (bicyclic) bond motifs is 1. The van der Waals surface area contributed by atoms with E-state index in [2.05, 4.69) is 49.7 Å². The van der Waals surface area contributed by atoms with Gasteiger partial charge in [-0.05, 0) is 66.6 Å². The molecule has 0 amide bonds. The van der Waals surface area contributed by atoms with Crippen LogP contribution in [0.25, 0.3) is 10.9 Å². The Balaban J connectivity index is 1.18. The van der Waals surface area contributed by atoms with Gasteiger partial charge in [0.2, 0.25) is 0 Å². The van der Waals surface area contributed by atoms with Crippen LogP contribution in [0.1, 0.15) is 29.5 Å². The number of hydrogen-bond acceptors (Lipinski definition) is 4. The monoisotopic (exact) mass is 446 g/mol. The molecule has 2 N–H and O–H groups in total. The maximum absolute atomic E-state index is 13.5. The maximum Gasteiger partial charge on any atom is 0.137 e. The summed E-state index contributed by atoms with van der Waals surface area (Å²) in [6, 6.07) is 14.1. The summed E-state index contributed by atoms with van der Waals surface area (Å²) in [5.41, 5.74) is 4.87. The fraction of sp³-hybridized carbons (Fsp3) is 0.385. The van der Waals surface area contributed by atoms with E-state index in [0.717, 1.165) is 64.0 Å². The molecular weight excluding hydrogens is 415 g/mol. The Morgan fingerprint density at radius 1 is 1.09 bits per heavy atom. The van der Waals surface area contributed by atoms with Gasteiger partial charge in [-0.1, -0.05) is 18.2 Å². The van der Waals surface area contributed by atoms with Gasteiger partial charge in [0.15, 0.2) is 0 Å². The summed E-state index contributed by atoms with van der Waals surface area (Å²) in [6.07, 6.45) is 9.73. The van der Waals surface area contributed by atoms with Crippen molar-refractivity contribution in [2.24, 2.45) is 0 Å². The van der Waals surface area contributed by atoms with Crippen LogP contribution in [0.4, 0.5) is 4.39 Å². The zero-order valence-corrected chi connectivity index (χ0v) is 18.9. The number of piperazine rings is 1. The number of rotatable bonds is 9. The summed E-state index contributed by atoms with van der Waals surface area (Å²) in [6.45, 7) is 4.82. The third-order valence-corrected chi connectivity index (χ3v) is 6.68. The average Bonchev–Trinajstić information content (AvgIpc) is 3.48. The second-order valence-corrected chi connectivity index (χ2v) is 8.95. The number of aryl methyl sites for hydroxylation is 1. The van der Waals surface area contributed by atoms with Crippen molar-refractivity contribution >= 4 is 10.9 Å². The summed E-state index contributed by atoms with van der Waals surface area (Å²) in [5.74, 6) is -0.146. The lowest BCUT2D eigenvalue weighted by molar-refractivity contribution is 0.153. The smallest absolute Gasteiger partial charge is 0.137 e. The number of aromatic nitrogens is 4. The molecule has 172 valence electrons. The van der Waals surface area contributed by atoms with Crippen molar-refractivity contribution in [1.29, 1.82) is 0 Å². The number of H-pyrrole nitrogens is 1. The number of nitrogens with one attached hydrogen (secondary N) is 2. The molecule has 1 saturated heterocycles. The van der Waals surface area contributed by atoms with Crippen LogP contribution in [-0.2, 0) is 19.4 Å². The highest BCUT2D eigenvalue weighted by Gasteiger charge is 2.21. The van der Waals surface area contributed by atoms with E-state index >= 15 is 0 Å². The lowest BCUT2D eigenvalue weighted by Crippen LogP contribution is -2.51. The predicted molar refractivity (Wildman–Crippen MR) is 129 cm³/mol. The molecule has 1 aliphatic heterocycles. The molecule has 0 aliphatic carbocycles. The molecule has 33 heavy (non-hydrogen) atoms. The number of hydrogen-bond donors (Lipinski definition) is 2. The Bertz CT molecular complexity index is 1170. The highest BCUT2D eigenvalue weighted by molar-refractivity contribution is 5.83. The Morgan fingerprint density at radius 2 is 2.06 bits per heavy atom. The number of aromatic amines is 1. The molecule has 1 atom stereocenters. The molecule has 0 spiro atoms. The molecule has 4 aromatic rings. The predicted octanol–water partition coefficient (Wildman–Crippen LogP) is 3.79. The van der Waals surface area contributed by atoms with Crippen LogP contribution in [-0.4, -0.2) is 56.9 Å². The first-order chi connectivity index (χ1) is 16.2. The normalized spacial score (nSPS) is 17.1. The standard InChI is InChI=1S/C26H31FN6/c27-23-5-1-3-20(13-23)9-11-32-12-10-28-16-24(32)6-2-4-22-15-30-26-8-7-21(14-25(22)26)17-33-19-29-18-31-33/h1,3,5,7-8,13-15,18-19,24,28,30H,2,4,6,9-12,16-17H2. The summed E-state index contributed by atoms with van der Waals surface area (Å²) in [4.78, 5) is 10.0. The van der Waals surface area contributed by atoms with E-state index in [1.807, 2.05) is 10.7 Å². The molecule has 5 rings (SSSR count).